The molecule has 0 spiro atoms. The highest BCUT2D eigenvalue weighted by Crippen LogP contribution is 2.22. The molecular weight excluding hydrogens is 295 g/mol. The van der Waals surface area contributed by atoms with Crippen LogP contribution < -0.4 is 0 Å². The number of rotatable bonds is 2. The SMILES string of the molecule is Fc1ccc(Cc2c[nH]c3ncc(Br)cc23)cc1. The van der Waals surface area contributed by atoms with Crippen molar-refractivity contribution in [3.63, 3.8) is 0 Å². The Morgan fingerprint density at radius 1 is 1.22 bits per heavy atom. The fourth-order valence-electron chi connectivity index (χ4n) is 2.00. The van der Waals surface area contributed by atoms with E-state index in [0.717, 1.165) is 33.1 Å². The van der Waals surface area contributed by atoms with Crippen molar-refractivity contribution in [3.8, 4) is 0 Å². The van der Waals surface area contributed by atoms with Crippen LogP contribution in [0.2, 0.25) is 0 Å². The van der Waals surface area contributed by atoms with Gasteiger partial charge < -0.3 is 4.98 Å². The van der Waals surface area contributed by atoms with Gasteiger partial charge in [0, 0.05) is 22.3 Å². The van der Waals surface area contributed by atoms with Crippen LogP contribution in [-0.4, -0.2) is 9.97 Å². The summed E-state index contributed by atoms with van der Waals surface area (Å²) >= 11 is 3.42. The summed E-state index contributed by atoms with van der Waals surface area (Å²) in [7, 11) is 0. The zero-order valence-corrected chi connectivity index (χ0v) is 11.0. The molecule has 1 aromatic carbocycles. The molecular formula is C14H10BrFN2. The molecule has 3 rings (SSSR count). The van der Waals surface area contributed by atoms with E-state index in [1.165, 1.54) is 12.1 Å². The summed E-state index contributed by atoms with van der Waals surface area (Å²) in [5.74, 6) is -0.206. The second-order valence-electron chi connectivity index (χ2n) is 4.17. The molecule has 0 aliphatic heterocycles. The number of halogens is 2. The minimum absolute atomic E-state index is 0.206. The zero-order chi connectivity index (χ0) is 12.5. The molecule has 0 atom stereocenters. The maximum atomic E-state index is 12.8. The number of fused-ring (bicyclic) bond motifs is 1. The third-order valence-corrected chi connectivity index (χ3v) is 3.32. The Balaban J connectivity index is 1.99. The van der Waals surface area contributed by atoms with Crippen molar-refractivity contribution in [3.05, 3.63) is 64.1 Å². The van der Waals surface area contributed by atoms with Gasteiger partial charge >= 0.3 is 0 Å². The molecule has 0 radical (unpaired) electrons. The van der Waals surface area contributed by atoms with E-state index < -0.39 is 0 Å². The van der Waals surface area contributed by atoms with Crippen LogP contribution in [0, 0.1) is 5.82 Å². The van der Waals surface area contributed by atoms with Gasteiger partial charge in [-0.15, -0.1) is 0 Å². The van der Waals surface area contributed by atoms with Gasteiger partial charge in [-0.3, -0.25) is 0 Å². The van der Waals surface area contributed by atoms with Gasteiger partial charge in [-0.25, -0.2) is 9.37 Å². The molecule has 2 nitrogen and oxygen atoms in total. The molecule has 0 unspecified atom stereocenters. The number of aromatic amines is 1. The lowest BCUT2D eigenvalue weighted by Gasteiger charge is -2.00. The fraction of sp³-hybridized carbons (Fsp3) is 0.0714. The predicted molar refractivity (Wildman–Crippen MR) is 73.0 cm³/mol. The van der Waals surface area contributed by atoms with Crippen LogP contribution in [-0.2, 0) is 6.42 Å². The molecule has 0 saturated heterocycles. The lowest BCUT2D eigenvalue weighted by Crippen LogP contribution is -1.87. The third-order valence-electron chi connectivity index (χ3n) is 2.89. The van der Waals surface area contributed by atoms with Crippen LogP contribution >= 0.6 is 15.9 Å². The van der Waals surface area contributed by atoms with Crippen LogP contribution in [0.5, 0.6) is 0 Å². The molecule has 2 heterocycles. The second kappa shape index (κ2) is 4.53. The van der Waals surface area contributed by atoms with Crippen LogP contribution in [0.4, 0.5) is 4.39 Å². The Bertz CT molecular complexity index is 689. The van der Waals surface area contributed by atoms with Gasteiger partial charge in [0.15, 0.2) is 0 Å². The van der Waals surface area contributed by atoms with E-state index in [0.29, 0.717) is 0 Å². The van der Waals surface area contributed by atoms with Crippen molar-refractivity contribution in [1.82, 2.24) is 9.97 Å². The first-order valence-corrected chi connectivity index (χ1v) is 6.37. The topological polar surface area (TPSA) is 28.7 Å². The average Bonchev–Trinajstić information content (AvgIpc) is 2.75. The van der Waals surface area contributed by atoms with Gasteiger partial charge in [0.2, 0.25) is 0 Å². The molecule has 90 valence electrons. The number of nitrogens with zero attached hydrogens (tertiary/aromatic N) is 1. The molecule has 3 aromatic rings. The van der Waals surface area contributed by atoms with E-state index >= 15 is 0 Å². The van der Waals surface area contributed by atoms with Gasteiger partial charge in [0.25, 0.3) is 0 Å². The number of nitrogens with one attached hydrogen (secondary N) is 1. The summed E-state index contributed by atoms with van der Waals surface area (Å²) < 4.78 is 13.8. The van der Waals surface area contributed by atoms with Crippen molar-refractivity contribution >= 4 is 27.0 Å². The standard InChI is InChI=1S/C14H10BrFN2/c15-11-6-13-10(7-17-14(13)18-8-11)5-9-1-3-12(16)4-2-9/h1-4,6-8H,5H2,(H,17,18). The molecule has 0 aliphatic carbocycles. The molecule has 0 aliphatic rings. The van der Waals surface area contributed by atoms with Crippen LogP contribution in [0.25, 0.3) is 11.0 Å². The van der Waals surface area contributed by atoms with Gasteiger partial charge in [0.1, 0.15) is 11.5 Å². The number of pyridine rings is 1. The Labute approximate surface area is 112 Å². The first kappa shape index (κ1) is 11.4. The quantitative estimate of drug-likeness (QED) is 0.760. The lowest BCUT2D eigenvalue weighted by atomic mass is 10.1. The summed E-state index contributed by atoms with van der Waals surface area (Å²) in [4.78, 5) is 7.44. The van der Waals surface area contributed by atoms with E-state index in [4.69, 9.17) is 0 Å². The zero-order valence-electron chi connectivity index (χ0n) is 9.45. The van der Waals surface area contributed by atoms with Gasteiger partial charge in [-0.05, 0) is 51.7 Å². The van der Waals surface area contributed by atoms with E-state index in [9.17, 15) is 4.39 Å². The molecule has 2 aromatic heterocycles. The first-order valence-electron chi connectivity index (χ1n) is 5.58. The summed E-state index contributed by atoms with van der Waals surface area (Å²) in [6, 6.07) is 8.62. The molecule has 0 amide bonds. The molecule has 0 fully saturated rings. The minimum atomic E-state index is -0.206. The number of aromatic nitrogens is 2. The molecule has 4 heteroatoms. The lowest BCUT2D eigenvalue weighted by molar-refractivity contribution is 0.627. The summed E-state index contributed by atoms with van der Waals surface area (Å²) in [6.45, 7) is 0. The van der Waals surface area contributed by atoms with Crippen molar-refractivity contribution in [2.75, 3.05) is 0 Å². The highest BCUT2D eigenvalue weighted by atomic mass is 79.9. The van der Waals surface area contributed by atoms with Crippen LogP contribution in [0.1, 0.15) is 11.1 Å². The van der Waals surface area contributed by atoms with Crippen molar-refractivity contribution in [2.24, 2.45) is 0 Å². The largest absolute Gasteiger partial charge is 0.346 e. The molecule has 0 saturated carbocycles. The van der Waals surface area contributed by atoms with Crippen molar-refractivity contribution < 1.29 is 4.39 Å². The third kappa shape index (κ3) is 2.16. The van der Waals surface area contributed by atoms with Crippen molar-refractivity contribution in [1.29, 1.82) is 0 Å². The number of H-pyrrole nitrogens is 1. The normalized spacial score (nSPS) is 11.0. The smallest absolute Gasteiger partial charge is 0.137 e. The molecule has 0 bridgehead atoms. The summed E-state index contributed by atoms with van der Waals surface area (Å²) in [6.07, 6.45) is 4.48. The molecule has 1 N–H and O–H groups in total. The van der Waals surface area contributed by atoms with Crippen LogP contribution in [0.15, 0.2) is 47.2 Å². The predicted octanol–water partition coefficient (Wildman–Crippen LogP) is 4.06. The van der Waals surface area contributed by atoms with E-state index in [2.05, 4.69) is 25.9 Å². The first-order chi connectivity index (χ1) is 8.72. The second-order valence-corrected chi connectivity index (χ2v) is 5.08. The highest BCUT2D eigenvalue weighted by molar-refractivity contribution is 9.10. The molecule has 18 heavy (non-hydrogen) atoms. The van der Waals surface area contributed by atoms with E-state index in [1.54, 1.807) is 18.3 Å². The van der Waals surface area contributed by atoms with Gasteiger partial charge in [-0.2, -0.15) is 0 Å². The van der Waals surface area contributed by atoms with E-state index in [-0.39, 0.29) is 5.82 Å². The summed E-state index contributed by atoms with van der Waals surface area (Å²) in [5, 5.41) is 1.09. The van der Waals surface area contributed by atoms with Gasteiger partial charge in [-0.1, -0.05) is 12.1 Å². The maximum absolute atomic E-state index is 12.8. The highest BCUT2D eigenvalue weighted by Gasteiger charge is 2.06. The summed E-state index contributed by atoms with van der Waals surface area (Å²) in [5.41, 5.74) is 3.11. The van der Waals surface area contributed by atoms with Crippen molar-refractivity contribution in [2.45, 2.75) is 6.42 Å². The fourth-order valence-corrected chi connectivity index (χ4v) is 2.33. The monoisotopic (exact) mass is 304 g/mol. The Morgan fingerprint density at radius 2 is 2.00 bits per heavy atom. The Kier molecular flexibility index (Phi) is 2.88. The Morgan fingerprint density at radius 3 is 2.78 bits per heavy atom. The van der Waals surface area contributed by atoms with Gasteiger partial charge in [0.05, 0.1) is 0 Å². The van der Waals surface area contributed by atoms with E-state index in [1.807, 2.05) is 12.3 Å². The Hall–Kier alpha value is -1.68. The minimum Gasteiger partial charge on any atom is -0.346 e. The average molecular weight is 305 g/mol. The number of benzene rings is 1. The maximum Gasteiger partial charge on any atom is 0.137 e. The number of hydrogen-bond donors (Lipinski definition) is 1. The van der Waals surface area contributed by atoms with Crippen LogP contribution in [0.3, 0.4) is 0 Å². The number of hydrogen-bond acceptors (Lipinski definition) is 1.